The van der Waals surface area contributed by atoms with Crippen molar-refractivity contribution in [1.29, 1.82) is 0 Å². The van der Waals surface area contributed by atoms with E-state index in [1.807, 2.05) is 73.7 Å². The Balaban J connectivity index is 1.37. The average Bonchev–Trinajstić information content (AvgIpc) is 3.29. The zero-order chi connectivity index (χ0) is 28.5. The van der Waals surface area contributed by atoms with Crippen LogP contribution in [0.1, 0.15) is 55.7 Å². The van der Waals surface area contributed by atoms with Crippen molar-refractivity contribution in [2.45, 2.75) is 63.8 Å². The Kier molecular flexibility index (Phi) is 9.91. The van der Waals surface area contributed by atoms with Crippen LogP contribution in [0.15, 0.2) is 78.9 Å². The molecular weight excluding hydrogens is 508 g/mol. The number of fused-ring (bicyclic) bond motifs is 3. The SMILES string of the molecule is CCCCC(NC(=O)OCC1c2ccccc2-c2ccccc21)C(=O)N[C@H](C(=O)O)[C@@H](C)OCc1ccccc1. The monoisotopic (exact) mass is 544 g/mol. The molecule has 0 saturated heterocycles. The third kappa shape index (κ3) is 7.07. The summed E-state index contributed by atoms with van der Waals surface area (Å²) in [5.74, 6) is -1.92. The molecule has 3 atom stereocenters. The fourth-order valence-corrected chi connectivity index (χ4v) is 4.99. The second-order valence-corrected chi connectivity index (χ2v) is 9.99. The molecule has 8 heteroatoms. The number of carboxylic acid groups (broad SMARTS) is 1. The number of carbonyl (C=O) groups excluding carboxylic acids is 2. The smallest absolute Gasteiger partial charge is 0.407 e. The highest BCUT2D eigenvalue weighted by Gasteiger charge is 2.32. The lowest BCUT2D eigenvalue weighted by atomic mass is 9.98. The van der Waals surface area contributed by atoms with E-state index in [0.717, 1.165) is 34.2 Å². The van der Waals surface area contributed by atoms with Crippen LogP contribution in [0.4, 0.5) is 4.79 Å². The van der Waals surface area contributed by atoms with E-state index in [2.05, 4.69) is 22.8 Å². The minimum absolute atomic E-state index is 0.111. The van der Waals surface area contributed by atoms with Gasteiger partial charge in [0.05, 0.1) is 12.7 Å². The number of unbranched alkanes of at least 4 members (excludes halogenated alkanes) is 1. The fraction of sp³-hybridized carbons (Fsp3) is 0.344. The minimum Gasteiger partial charge on any atom is -0.480 e. The van der Waals surface area contributed by atoms with Gasteiger partial charge in [-0.3, -0.25) is 4.79 Å². The Hall–Kier alpha value is -4.17. The Labute approximate surface area is 234 Å². The number of aliphatic carboxylic acids is 1. The molecule has 3 N–H and O–H groups in total. The summed E-state index contributed by atoms with van der Waals surface area (Å²) in [5, 5.41) is 15.0. The van der Waals surface area contributed by atoms with Gasteiger partial charge in [0.1, 0.15) is 12.6 Å². The van der Waals surface area contributed by atoms with Crippen LogP contribution in [0, 0.1) is 0 Å². The van der Waals surface area contributed by atoms with Crippen LogP contribution < -0.4 is 10.6 Å². The van der Waals surface area contributed by atoms with Gasteiger partial charge in [-0.15, -0.1) is 0 Å². The molecule has 1 aliphatic rings. The number of amides is 2. The molecular formula is C32H36N2O6. The number of rotatable bonds is 13. The second-order valence-electron chi connectivity index (χ2n) is 9.99. The molecule has 0 fully saturated rings. The van der Waals surface area contributed by atoms with Crippen molar-refractivity contribution in [2.24, 2.45) is 0 Å². The predicted octanol–water partition coefficient (Wildman–Crippen LogP) is 5.26. The molecule has 2 amide bonds. The topological polar surface area (TPSA) is 114 Å². The molecule has 4 rings (SSSR count). The number of hydrogen-bond acceptors (Lipinski definition) is 5. The molecule has 0 aromatic heterocycles. The highest BCUT2D eigenvalue weighted by molar-refractivity contribution is 5.89. The van der Waals surface area contributed by atoms with E-state index in [1.54, 1.807) is 6.92 Å². The van der Waals surface area contributed by atoms with Crippen molar-refractivity contribution < 1.29 is 29.0 Å². The van der Waals surface area contributed by atoms with Crippen LogP contribution in [-0.4, -0.2) is 47.9 Å². The Morgan fingerprint density at radius 3 is 2.08 bits per heavy atom. The number of carbonyl (C=O) groups is 3. The van der Waals surface area contributed by atoms with E-state index in [-0.39, 0.29) is 19.1 Å². The first-order valence-corrected chi connectivity index (χ1v) is 13.7. The van der Waals surface area contributed by atoms with Gasteiger partial charge in [0, 0.05) is 5.92 Å². The molecule has 0 aliphatic heterocycles. The van der Waals surface area contributed by atoms with Gasteiger partial charge in [-0.25, -0.2) is 9.59 Å². The van der Waals surface area contributed by atoms with Gasteiger partial charge < -0.3 is 25.2 Å². The van der Waals surface area contributed by atoms with Crippen molar-refractivity contribution in [2.75, 3.05) is 6.61 Å². The molecule has 0 heterocycles. The first kappa shape index (κ1) is 28.8. The molecule has 210 valence electrons. The maximum Gasteiger partial charge on any atom is 0.407 e. The van der Waals surface area contributed by atoms with Crippen molar-refractivity contribution in [3.8, 4) is 11.1 Å². The van der Waals surface area contributed by atoms with Crippen LogP contribution in [-0.2, 0) is 25.7 Å². The van der Waals surface area contributed by atoms with Gasteiger partial charge in [0.25, 0.3) is 0 Å². The van der Waals surface area contributed by atoms with Crippen molar-refractivity contribution >= 4 is 18.0 Å². The summed E-state index contributed by atoms with van der Waals surface area (Å²) < 4.78 is 11.4. The summed E-state index contributed by atoms with van der Waals surface area (Å²) in [6, 6.07) is 23.2. The lowest BCUT2D eigenvalue weighted by Gasteiger charge is -2.25. The first-order chi connectivity index (χ1) is 19.4. The van der Waals surface area contributed by atoms with E-state index < -0.39 is 36.2 Å². The van der Waals surface area contributed by atoms with Crippen molar-refractivity contribution in [3.05, 3.63) is 95.6 Å². The molecule has 8 nitrogen and oxygen atoms in total. The maximum absolute atomic E-state index is 13.2. The molecule has 0 spiro atoms. The number of ether oxygens (including phenoxy) is 2. The maximum atomic E-state index is 13.2. The Morgan fingerprint density at radius 1 is 0.875 bits per heavy atom. The van der Waals surface area contributed by atoms with Gasteiger partial charge in [-0.05, 0) is 41.2 Å². The lowest BCUT2D eigenvalue weighted by Crippen LogP contribution is -2.55. The first-order valence-electron chi connectivity index (χ1n) is 13.7. The van der Waals surface area contributed by atoms with E-state index in [1.165, 1.54) is 0 Å². The number of carboxylic acids is 1. The summed E-state index contributed by atoms with van der Waals surface area (Å²) in [4.78, 5) is 38.0. The van der Waals surface area contributed by atoms with Crippen LogP contribution in [0.25, 0.3) is 11.1 Å². The van der Waals surface area contributed by atoms with Gasteiger partial charge in [-0.1, -0.05) is 98.6 Å². The summed E-state index contributed by atoms with van der Waals surface area (Å²) in [6.45, 7) is 3.90. The van der Waals surface area contributed by atoms with Crippen LogP contribution in [0.2, 0.25) is 0 Å². The summed E-state index contributed by atoms with van der Waals surface area (Å²) in [7, 11) is 0. The Bertz CT molecular complexity index is 1270. The summed E-state index contributed by atoms with van der Waals surface area (Å²) in [5.41, 5.74) is 5.31. The molecule has 3 aromatic rings. The summed E-state index contributed by atoms with van der Waals surface area (Å²) >= 11 is 0. The number of benzene rings is 3. The van der Waals surface area contributed by atoms with Gasteiger partial charge in [0.15, 0.2) is 6.04 Å². The highest BCUT2D eigenvalue weighted by Crippen LogP contribution is 2.44. The minimum atomic E-state index is -1.29. The molecule has 0 radical (unpaired) electrons. The number of nitrogens with one attached hydrogen (secondary N) is 2. The predicted molar refractivity (Wildman–Crippen MR) is 152 cm³/mol. The number of hydrogen-bond donors (Lipinski definition) is 3. The van der Waals surface area contributed by atoms with Gasteiger partial charge in [0.2, 0.25) is 5.91 Å². The fourth-order valence-electron chi connectivity index (χ4n) is 4.99. The van der Waals surface area contributed by atoms with Crippen molar-refractivity contribution in [1.82, 2.24) is 10.6 Å². The van der Waals surface area contributed by atoms with Gasteiger partial charge >= 0.3 is 12.1 Å². The van der Waals surface area contributed by atoms with E-state index in [9.17, 15) is 19.5 Å². The summed E-state index contributed by atoms with van der Waals surface area (Å²) in [6.07, 6.45) is 0.286. The van der Waals surface area contributed by atoms with E-state index >= 15 is 0 Å². The van der Waals surface area contributed by atoms with Crippen LogP contribution >= 0.6 is 0 Å². The quantitative estimate of drug-likeness (QED) is 0.271. The lowest BCUT2D eigenvalue weighted by molar-refractivity contribution is -0.146. The second kappa shape index (κ2) is 13.8. The highest BCUT2D eigenvalue weighted by atomic mass is 16.5. The zero-order valence-electron chi connectivity index (χ0n) is 22.8. The third-order valence-corrected chi connectivity index (χ3v) is 7.19. The van der Waals surface area contributed by atoms with Crippen molar-refractivity contribution in [3.63, 3.8) is 0 Å². The molecule has 1 unspecified atom stereocenters. The molecule has 1 aliphatic carbocycles. The van der Waals surface area contributed by atoms with E-state index in [0.29, 0.717) is 12.8 Å². The van der Waals surface area contributed by atoms with E-state index in [4.69, 9.17) is 9.47 Å². The Morgan fingerprint density at radius 2 is 1.48 bits per heavy atom. The number of alkyl carbamates (subject to hydrolysis) is 1. The van der Waals surface area contributed by atoms with Gasteiger partial charge in [-0.2, -0.15) is 0 Å². The largest absolute Gasteiger partial charge is 0.480 e. The zero-order valence-corrected chi connectivity index (χ0v) is 22.8. The third-order valence-electron chi connectivity index (χ3n) is 7.19. The normalized spacial score (nSPS) is 14.3. The van der Waals surface area contributed by atoms with Crippen LogP contribution in [0.3, 0.4) is 0 Å². The molecule has 0 bridgehead atoms. The molecule has 3 aromatic carbocycles. The standard InChI is InChI=1S/C32H36N2O6/c1-3-4-18-28(30(35)34-29(31(36)37)21(2)39-19-22-12-6-5-7-13-22)33-32(38)40-20-27-25-16-10-8-14-23(25)24-15-9-11-17-26(24)27/h5-17,21,27-29H,3-4,18-20H2,1-2H3,(H,33,38)(H,34,35)(H,36,37)/t21-,28?,29+/m1/s1. The average molecular weight is 545 g/mol. The molecule has 40 heavy (non-hydrogen) atoms. The van der Waals surface area contributed by atoms with Crippen LogP contribution in [0.5, 0.6) is 0 Å². The molecule has 0 saturated carbocycles.